The zero-order valence-corrected chi connectivity index (χ0v) is 19.8. The van der Waals surface area contributed by atoms with Crippen LogP contribution in [0.15, 0.2) is 24.4 Å². The smallest absolute Gasteiger partial charge is 0.229 e. The number of hydrogen-bond donors (Lipinski definition) is 2. The molecule has 0 unspecified atom stereocenters. The third-order valence-electron chi connectivity index (χ3n) is 8.62. The van der Waals surface area contributed by atoms with Crippen LogP contribution < -0.4 is 10.2 Å². The van der Waals surface area contributed by atoms with Crippen molar-refractivity contribution in [1.82, 2.24) is 9.88 Å². The van der Waals surface area contributed by atoms with Crippen LogP contribution in [0.1, 0.15) is 32.6 Å². The second-order valence-corrected chi connectivity index (χ2v) is 11.0. The molecule has 2 aliphatic heterocycles. The maximum Gasteiger partial charge on any atom is 0.229 e. The van der Waals surface area contributed by atoms with Crippen molar-refractivity contribution in [2.75, 3.05) is 49.6 Å². The van der Waals surface area contributed by atoms with E-state index >= 15 is 0 Å². The number of fused-ring (bicyclic) bond motifs is 1. The summed E-state index contributed by atoms with van der Waals surface area (Å²) in [5.74, 6) is 0.875. The largest absolute Gasteiger partial charge is 0.389 e. The topological polar surface area (TPSA) is 77.9 Å². The molecular weight excluding hydrogens is 440 g/mol. The molecule has 3 atom stereocenters. The fraction of sp³-hybridized carbons (Fsp3) is 0.600. The highest BCUT2D eigenvalue weighted by molar-refractivity contribution is 6.34. The number of nitrogens with zero attached hydrogens (tertiary/aromatic N) is 3. The molecule has 2 N–H and O–H groups in total. The van der Waals surface area contributed by atoms with Crippen molar-refractivity contribution in [3.05, 3.63) is 29.4 Å². The SMILES string of the molecule is C[C@@]1(N2CCN(c3cc4cc(NC(=O)[C@@H]5CC56CCC6)ncc4cc3Cl)CC2)COC[C@@H]1O. The standard InChI is InChI=1S/C25H31ClN4O3/c1-24(15-33-14-21(24)31)30-7-5-29(6-8-30)20-10-16-11-22(27-13-17(16)9-19(20)26)28-23(32)18-12-25(18)3-2-4-25/h9-11,13,18,21,31H,2-8,12,14-15H2,1H3,(H,27,28,32)/t18-,21-,24+/m0/s1. The number of carbonyl (C=O) groups is 1. The average molecular weight is 471 g/mol. The average Bonchev–Trinajstić information content (AvgIpc) is 3.48. The first-order chi connectivity index (χ1) is 15.9. The summed E-state index contributed by atoms with van der Waals surface area (Å²) in [5, 5.41) is 16.1. The van der Waals surface area contributed by atoms with E-state index in [-0.39, 0.29) is 17.4 Å². The second-order valence-electron chi connectivity index (χ2n) is 10.5. The minimum absolute atomic E-state index is 0.110. The molecule has 7 nitrogen and oxygen atoms in total. The molecule has 2 aromatic rings. The third kappa shape index (κ3) is 3.60. The molecule has 0 bridgehead atoms. The molecule has 1 amide bonds. The predicted octanol–water partition coefficient (Wildman–Crippen LogP) is 3.29. The summed E-state index contributed by atoms with van der Waals surface area (Å²) >= 11 is 6.67. The van der Waals surface area contributed by atoms with Gasteiger partial charge >= 0.3 is 0 Å². The summed E-state index contributed by atoms with van der Waals surface area (Å²) in [6, 6.07) is 6.01. The van der Waals surface area contributed by atoms with Crippen molar-refractivity contribution in [2.24, 2.45) is 11.3 Å². The molecule has 0 radical (unpaired) electrons. The summed E-state index contributed by atoms with van der Waals surface area (Å²) in [4.78, 5) is 21.8. The Hall–Kier alpha value is -1.93. The van der Waals surface area contributed by atoms with Crippen molar-refractivity contribution in [1.29, 1.82) is 0 Å². The van der Waals surface area contributed by atoms with E-state index < -0.39 is 6.10 Å². The number of benzene rings is 1. The van der Waals surface area contributed by atoms with Gasteiger partial charge in [0.1, 0.15) is 5.82 Å². The number of aliphatic hydroxyl groups is 1. The number of anilines is 2. The molecular formula is C25H31ClN4O3. The van der Waals surface area contributed by atoms with Gasteiger partial charge in [-0.05, 0) is 55.2 Å². The minimum atomic E-state index is -0.454. The monoisotopic (exact) mass is 470 g/mol. The lowest BCUT2D eigenvalue weighted by atomic mass is 9.80. The highest BCUT2D eigenvalue weighted by Crippen LogP contribution is 2.65. The van der Waals surface area contributed by atoms with Crippen LogP contribution in [0.2, 0.25) is 5.02 Å². The van der Waals surface area contributed by atoms with Crippen LogP contribution in [-0.2, 0) is 9.53 Å². The first-order valence-corrected chi connectivity index (χ1v) is 12.4. The van der Waals surface area contributed by atoms with Crippen LogP contribution in [0.3, 0.4) is 0 Å². The first kappa shape index (κ1) is 21.6. The number of pyridine rings is 1. The molecule has 6 rings (SSSR count). The number of rotatable bonds is 4. The van der Waals surface area contributed by atoms with Gasteiger partial charge in [-0.15, -0.1) is 0 Å². The number of aliphatic hydroxyl groups excluding tert-OH is 1. The van der Waals surface area contributed by atoms with Crippen molar-refractivity contribution in [2.45, 2.75) is 44.2 Å². The van der Waals surface area contributed by atoms with Gasteiger partial charge in [-0.3, -0.25) is 9.69 Å². The molecule has 2 saturated carbocycles. The summed E-state index contributed by atoms with van der Waals surface area (Å²) in [6.07, 6.45) is 5.99. The predicted molar refractivity (Wildman–Crippen MR) is 129 cm³/mol. The van der Waals surface area contributed by atoms with Gasteiger partial charge in [-0.1, -0.05) is 18.0 Å². The van der Waals surface area contributed by atoms with Crippen molar-refractivity contribution in [3.8, 4) is 0 Å². The van der Waals surface area contributed by atoms with Gasteiger partial charge in [0, 0.05) is 43.7 Å². The van der Waals surface area contributed by atoms with Crippen molar-refractivity contribution < 1.29 is 14.6 Å². The Kier molecular flexibility index (Phi) is 5.11. The molecule has 2 saturated heterocycles. The Bertz CT molecular complexity index is 1100. The Labute approximate surface area is 199 Å². The summed E-state index contributed by atoms with van der Waals surface area (Å²) in [7, 11) is 0. The van der Waals surface area contributed by atoms with E-state index in [2.05, 4.69) is 33.1 Å². The van der Waals surface area contributed by atoms with Gasteiger partial charge in [0.05, 0.1) is 35.6 Å². The van der Waals surface area contributed by atoms with E-state index in [1.165, 1.54) is 19.3 Å². The van der Waals surface area contributed by atoms with E-state index in [0.717, 1.165) is 49.1 Å². The molecule has 1 aromatic heterocycles. The normalized spacial score (nSPS) is 31.1. The number of piperazine rings is 1. The third-order valence-corrected chi connectivity index (χ3v) is 8.93. The van der Waals surface area contributed by atoms with Crippen LogP contribution in [0.4, 0.5) is 11.5 Å². The van der Waals surface area contributed by atoms with Crippen LogP contribution in [-0.4, -0.2) is 71.9 Å². The molecule has 1 aromatic carbocycles. The lowest BCUT2D eigenvalue weighted by Gasteiger charge is -2.45. The molecule has 2 aliphatic carbocycles. The molecule has 8 heteroatoms. The number of aromatic nitrogens is 1. The van der Waals surface area contributed by atoms with Crippen molar-refractivity contribution in [3.63, 3.8) is 0 Å². The van der Waals surface area contributed by atoms with Gasteiger partial charge in [0.2, 0.25) is 5.91 Å². The highest BCUT2D eigenvalue weighted by atomic mass is 35.5. The summed E-state index contributed by atoms with van der Waals surface area (Å²) in [5.41, 5.74) is 0.982. The van der Waals surface area contributed by atoms with E-state index in [4.69, 9.17) is 16.3 Å². The Morgan fingerprint density at radius 1 is 1.21 bits per heavy atom. The molecule has 3 heterocycles. The van der Waals surface area contributed by atoms with Crippen molar-refractivity contribution >= 4 is 39.8 Å². The van der Waals surface area contributed by atoms with Gasteiger partial charge < -0.3 is 20.1 Å². The fourth-order valence-corrected chi connectivity index (χ4v) is 6.28. The molecule has 1 spiro atoms. The van der Waals surface area contributed by atoms with Gasteiger partial charge in [-0.25, -0.2) is 4.98 Å². The molecule has 4 aliphatic rings. The van der Waals surface area contributed by atoms with Crippen LogP contribution in [0, 0.1) is 11.3 Å². The summed E-state index contributed by atoms with van der Waals surface area (Å²) < 4.78 is 5.52. The Morgan fingerprint density at radius 2 is 2.00 bits per heavy atom. The fourth-order valence-electron chi connectivity index (χ4n) is 5.99. The number of nitrogens with one attached hydrogen (secondary N) is 1. The minimum Gasteiger partial charge on any atom is -0.389 e. The number of ether oxygens (including phenoxy) is 1. The van der Waals surface area contributed by atoms with E-state index in [9.17, 15) is 9.90 Å². The number of amides is 1. The van der Waals surface area contributed by atoms with Gasteiger partial charge in [0.15, 0.2) is 0 Å². The molecule has 4 fully saturated rings. The van der Waals surface area contributed by atoms with E-state index in [1.807, 2.05) is 12.1 Å². The van der Waals surface area contributed by atoms with Gasteiger partial charge in [-0.2, -0.15) is 0 Å². The summed E-state index contributed by atoms with van der Waals surface area (Å²) in [6.45, 7) is 6.38. The van der Waals surface area contributed by atoms with Crippen LogP contribution >= 0.6 is 11.6 Å². The van der Waals surface area contributed by atoms with E-state index in [1.54, 1.807) is 6.20 Å². The zero-order valence-electron chi connectivity index (χ0n) is 19.0. The lowest BCUT2D eigenvalue weighted by molar-refractivity contribution is -0.118. The zero-order chi connectivity index (χ0) is 22.8. The number of carbonyl (C=O) groups excluding carboxylic acids is 1. The van der Waals surface area contributed by atoms with Crippen LogP contribution in [0.5, 0.6) is 0 Å². The second kappa shape index (κ2) is 7.80. The maximum absolute atomic E-state index is 12.7. The lowest BCUT2D eigenvalue weighted by Crippen LogP contribution is -2.60. The maximum atomic E-state index is 12.7. The quantitative estimate of drug-likeness (QED) is 0.714. The Balaban J connectivity index is 1.17. The first-order valence-electron chi connectivity index (χ1n) is 12.0. The molecule has 176 valence electrons. The molecule has 33 heavy (non-hydrogen) atoms. The Morgan fingerprint density at radius 3 is 2.64 bits per heavy atom. The highest BCUT2D eigenvalue weighted by Gasteiger charge is 2.60. The van der Waals surface area contributed by atoms with Gasteiger partial charge in [0.25, 0.3) is 0 Å². The number of hydrogen-bond acceptors (Lipinski definition) is 6. The number of halogens is 1. The van der Waals surface area contributed by atoms with Crippen LogP contribution in [0.25, 0.3) is 10.8 Å². The van der Waals surface area contributed by atoms with E-state index in [0.29, 0.717) is 29.5 Å².